The van der Waals surface area contributed by atoms with E-state index in [1.807, 2.05) is 19.0 Å². The molecule has 0 amide bonds. The zero-order valence-electron chi connectivity index (χ0n) is 12.4. The monoisotopic (exact) mass is 276 g/mol. The van der Waals surface area contributed by atoms with Gasteiger partial charge >= 0.3 is 5.97 Å². The molecule has 1 fully saturated rings. The maximum atomic E-state index is 10.9. The van der Waals surface area contributed by atoms with E-state index in [2.05, 4.69) is 29.2 Å². The first-order chi connectivity index (χ1) is 9.54. The molecule has 20 heavy (non-hydrogen) atoms. The third kappa shape index (κ3) is 4.94. The Hall–Kier alpha value is -1.39. The summed E-state index contributed by atoms with van der Waals surface area (Å²) >= 11 is 0. The van der Waals surface area contributed by atoms with Crippen LogP contribution >= 0.6 is 0 Å². The SMILES string of the molecule is CN(C)CCN(CC(=O)O)Cc1ccc(C2CC2)cc1. The van der Waals surface area contributed by atoms with Crippen LogP contribution in [0.25, 0.3) is 0 Å². The second-order valence-corrected chi connectivity index (χ2v) is 5.92. The summed E-state index contributed by atoms with van der Waals surface area (Å²) in [5, 5.41) is 9.00. The molecule has 110 valence electrons. The second kappa shape index (κ2) is 6.86. The Bertz CT molecular complexity index is 438. The van der Waals surface area contributed by atoms with Crippen LogP contribution in [0, 0.1) is 0 Å². The van der Waals surface area contributed by atoms with E-state index in [1.54, 1.807) is 0 Å². The molecule has 2 rings (SSSR count). The molecule has 0 radical (unpaired) electrons. The Balaban J connectivity index is 1.92. The normalized spacial score (nSPS) is 15.0. The lowest BCUT2D eigenvalue weighted by Gasteiger charge is -2.22. The van der Waals surface area contributed by atoms with Gasteiger partial charge in [-0.3, -0.25) is 9.69 Å². The molecule has 0 spiro atoms. The maximum absolute atomic E-state index is 10.9. The van der Waals surface area contributed by atoms with Crippen molar-refractivity contribution in [3.05, 3.63) is 35.4 Å². The number of carboxylic acid groups (broad SMARTS) is 1. The van der Waals surface area contributed by atoms with E-state index < -0.39 is 5.97 Å². The molecule has 0 atom stereocenters. The van der Waals surface area contributed by atoms with Gasteiger partial charge in [0.2, 0.25) is 0 Å². The van der Waals surface area contributed by atoms with Gasteiger partial charge < -0.3 is 10.0 Å². The van der Waals surface area contributed by atoms with Crippen molar-refractivity contribution in [3.63, 3.8) is 0 Å². The van der Waals surface area contributed by atoms with Gasteiger partial charge in [0.1, 0.15) is 0 Å². The highest BCUT2D eigenvalue weighted by atomic mass is 16.4. The Morgan fingerprint density at radius 1 is 1.20 bits per heavy atom. The number of carbonyl (C=O) groups is 1. The molecule has 1 aliphatic carbocycles. The van der Waals surface area contributed by atoms with Crippen molar-refractivity contribution in [1.82, 2.24) is 9.80 Å². The highest BCUT2D eigenvalue weighted by molar-refractivity contribution is 5.69. The van der Waals surface area contributed by atoms with Crippen molar-refractivity contribution in [2.45, 2.75) is 25.3 Å². The predicted molar refractivity (Wildman–Crippen MR) is 79.9 cm³/mol. The van der Waals surface area contributed by atoms with Crippen LogP contribution in [0.1, 0.15) is 29.9 Å². The molecule has 1 N–H and O–H groups in total. The van der Waals surface area contributed by atoms with Crippen molar-refractivity contribution >= 4 is 5.97 Å². The quantitative estimate of drug-likeness (QED) is 0.789. The number of benzene rings is 1. The van der Waals surface area contributed by atoms with Gasteiger partial charge in [0.05, 0.1) is 6.54 Å². The van der Waals surface area contributed by atoms with Gasteiger partial charge in [-0.05, 0) is 44.0 Å². The Labute approximate surface area is 121 Å². The smallest absolute Gasteiger partial charge is 0.317 e. The summed E-state index contributed by atoms with van der Waals surface area (Å²) in [6.45, 7) is 2.43. The lowest BCUT2D eigenvalue weighted by molar-refractivity contribution is -0.138. The van der Waals surface area contributed by atoms with E-state index in [1.165, 1.54) is 24.0 Å². The van der Waals surface area contributed by atoms with Crippen LogP contribution in [0.2, 0.25) is 0 Å². The number of rotatable bonds is 8. The molecule has 1 saturated carbocycles. The largest absolute Gasteiger partial charge is 0.480 e. The van der Waals surface area contributed by atoms with Crippen molar-refractivity contribution in [1.29, 1.82) is 0 Å². The standard InChI is InChI=1S/C16H24N2O2/c1-17(2)9-10-18(12-16(19)20)11-13-3-5-14(6-4-13)15-7-8-15/h3-6,15H,7-12H2,1-2H3,(H,19,20). The lowest BCUT2D eigenvalue weighted by atomic mass is 10.1. The van der Waals surface area contributed by atoms with Crippen molar-refractivity contribution < 1.29 is 9.90 Å². The number of carboxylic acids is 1. The van der Waals surface area contributed by atoms with Crippen LogP contribution in [0.3, 0.4) is 0 Å². The second-order valence-electron chi connectivity index (χ2n) is 5.92. The summed E-state index contributed by atoms with van der Waals surface area (Å²) in [4.78, 5) is 15.0. The molecule has 0 saturated heterocycles. The molecule has 0 unspecified atom stereocenters. The molecule has 4 heteroatoms. The van der Waals surface area contributed by atoms with Crippen molar-refractivity contribution in [3.8, 4) is 0 Å². The molecular formula is C16H24N2O2. The molecule has 0 aliphatic heterocycles. The van der Waals surface area contributed by atoms with E-state index >= 15 is 0 Å². The third-order valence-electron chi connectivity index (χ3n) is 3.66. The van der Waals surface area contributed by atoms with Crippen LogP contribution in [0.5, 0.6) is 0 Å². The zero-order valence-corrected chi connectivity index (χ0v) is 12.4. The molecule has 4 nitrogen and oxygen atoms in total. The van der Waals surface area contributed by atoms with Crippen LogP contribution in [-0.4, -0.2) is 54.6 Å². The minimum absolute atomic E-state index is 0.0955. The van der Waals surface area contributed by atoms with Gasteiger partial charge in [0, 0.05) is 19.6 Å². The van der Waals surface area contributed by atoms with Gasteiger partial charge in [-0.2, -0.15) is 0 Å². The summed E-state index contributed by atoms with van der Waals surface area (Å²) in [7, 11) is 4.01. The van der Waals surface area contributed by atoms with Gasteiger partial charge in [-0.1, -0.05) is 24.3 Å². The van der Waals surface area contributed by atoms with Gasteiger partial charge in [0.25, 0.3) is 0 Å². The van der Waals surface area contributed by atoms with Crippen molar-refractivity contribution in [2.75, 3.05) is 33.7 Å². The van der Waals surface area contributed by atoms with Crippen LogP contribution in [-0.2, 0) is 11.3 Å². The fraction of sp³-hybridized carbons (Fsp3) is 0.562. The molecule has 0 bridgehead atoms. The minimum Gasteiger partial charge on any atom is -0.480 e. The number of hydrogen-bond donors (Lipinski definition) is 1. The number of aliphatic carboxylic acids is 1. The third-order valence-corrected chi connectivity index (χ3v) is 3.66. The summed E-state index contributed by atoms with van der Waals surface area (Å²) in [5.74, 6) is 0.00581. The van der Waals surface area contributed by atoms with Crippen molar-refractivity contribution in [2.24, 2.45) is 0 Å². The average molecular weight is 276 g/mol. The summed E-state index contributed by atoms with van der Waals surface area (Å²) in [5.41, 5.74) is 2.61. The average Bonchev–Trinajstić information content (AvgIpc) is 3.20. The zero-order chi connectivity index (χ0) is 14.5. The topological polar surface area (TPSA) is 43.8 Å². The van der Waals surface area contributed by atoms with Crippen LogP contribution in [0.4, 0.5) is 0 Å². The number of likely N-dealkylation sites (N-methyl/N-ethyl adjacent to an activating group) is 1. The fourth-order valence-electron chi connectivity index (χ4n) is 2.32. The van der Waals surface area contributed by atoms with Gasteiger partial charge in [-0.25, -0.2) is 0 Å². The summed E-state index contributed by atoms with van der Waals surface area (Å²) in [6, 6.07) is 8.66. The van der Waals surface area contributed by atoms with E-state index in [0.29, 0.717) is 6.54 Å². The molecule has 0 heterocycles. The fourth-order valence-corrected chi connectivity index (χ4v) is 2.32. The highest BCUT2D eigenvalue weighted by Crippen LogP contribution is 2.39. The Morgan fingerprint density at radius 2 is 1.85 bits per heavy atom. The predicted octanol–water partition coefficient (Wildman–Crippen LogP) is 2.01. The molecule has 1 aromatic carbocycles. The number of nitrogens with zero attached hydrogens (tertiary/aromatic N) is 2. The van der Waals surface area contributed by atoms with Crippen LogP contribution in [0.15, 0.2) is 24.3 Å². The maximum Gasteiger partial charge on any atom is 0.317 e. The first-order valence-electron chi connectivity index (χ1n) is 7.22. The molecular weight excluding hydrogens is 252 g/mol. The van der Waals surface area contributed by atoms with Crippen LogP contribution < -0.4 is 0 Å². The Morgan fingerprint density at radius 3 is 2.35 bits per heavy atom. The van der Waals surface area contributed by atoms with E-state index in [4.69, 9.17) is 5.11 Å². The highest BCUT2D eigenvalue weighted by Gasteiger charge is 2.23. The summed E-state index contributed by atoms with van der Waals surface area (Å²) in [6.07, 6.45) is 2.63. The van der Waals surface area contributed by atoms with Gasteiger partial charge in [0.15, 0.2) is 0 Å². The molecule has 1 aromatic rings. The lowest BCUT2D eigenvalue weighted by Crippen LogP contribution is -2.35. The minimum atomic E-state index is -0.765. The summed E-state index contributed by atoms with van der Waals surface area (Å²) < 4.78 is 0. The molecule has 0 aromatic heterocycles. The van der Waals surface area contributed by atoms with E-state index in [-0.39, 0.29) is 6.54 Å². The first kappa shape index (κ1) is 15.0. The van der Waals surface area contributed by atoms with E-state index in [0.717, 1.165) is 19.0 Å². The molecule has 1 aliphatic rings. The number of hydrogen-bond acceptors (Lipinski definition) is 3. The Kier molecular flexibility index (Phi) is 5.15. The first-order valence-corrected chi connectivity index (χ1v) is 7.22. The van der Waals surface area contributed by atoms with Gasteiger partial charge in [-0.15, -0.1) is 0 Å². The van der Waals surface area contributed by atoms with E-state index in [9.17, 15) is 4.79 Å².